The van der Waals surface area contributed by atoms with Crippen LogP contribution in [0.3, 0.4) is 0 Å². The van der Waals surface area contributed by atoms with Gasteiger partial charge >= 0.3 is 6.03 Å². The molecule has 0 saturated carbocycles. The number of para-hydroxylation sites is 1. The maximum Gasteiger partial charge on any atom is 0.323 e. The van der Waals surface area contributed by atoms with Gasteiger partial charge in [-0.15, -0.1) is 0 Å². The molecule has 140 valence electrons. The fraction of sp³-hybridized carbons (Fsp3) is 0.250. The summed E-state index contributed by atoms with van der Waals surface area (Å²) in [6.07, 6.45) is 1.92. The number of methoxy groups -OCH3 is 1. The van der Waals surface area contributed by atoms with Gasteiger partial charge < -0.3 is 29.4 Å². The van der Waals surface area contributed by atoms with Crippen molar-refractivity contribution in [3.8, 4) is 11.5 Å². The third-order valence-corrected chi connectivity index (χ3v) is 4.37. The molecule has 0 spiro atoms. The summed E-state index contributed by atoms with van der Waals surface area (Å²) in [6, 6.07) is 13.0. The second-order valence-electron chi connectivity index (χ2n) is 6.18. The number of urea groups is 1. The zero-order valence-corrected chi connectivity index (χ0v) is 15.0. The van der Waals surface area contributed by atoms with Crippen molar-refractivity contribution in [1.29, 1.82) is 0 Å². The highest BCUT2D eigenvalue weighted by atomic mass is 16.6. The SMILES string of the molecule is COCCn1cc(NC(=O)Nc2ccc3c(c2)OCCO3)c2ccccc21. The fourth-order valence-electron chi connectivity index (χ4n) is 3.13. The van der Waals surface area contributed by atoms with Crippen LogP contribution in [0.1, 0.15) is 0 Å². The Kier molecular flexibility index (Phi) is 4.84. The molecular formula is C20H21N3O4. The lowest BCUT2D eigenvalue weighted by Crippen LogP contribution is -2.20. The van der Waals surface area contributed by atoms with Crippen LogP contribution in [-0.2, 0) is 11.3 Å². The van der Waals surface area contributed by atoms with E-state index in [1.165, 1.54) is 0 Å². The van der Waals surface area contributed by atoms with Crippen LogP contribution >= 0.6 is 0 Å². The maximum absolute atomic E-state index is 12.5. The van der Waals surface area contributed by atoms with Gasteiger partial charge in [0.15, 0.2) is 11.5 Å². The Bertz CT molecular complexity index is 967. The highest BCUT2D eigenvalue weighted by molar-refractivity contribution is 6.06. The van der Waals surface area contributed by atoms with E-state index >= 15 is 0 Å². The summed E-state index contributed by atoms with van der Waals surface area (Å²) in [4.78, 5) is 12.5. The van der Waals surface area contributed by atoms with Crippen LogP contribution in [0.2, 0.25) is 0 Å². The summed E-state index contributed by atoms with van der Waals surface area (Å²) in [5.74, 6) is 1.32. The number of anilines is 2. The summed E-state index contributed by atoms with van der Waals surface area (Å²) in [5.41, 5.74) is 2.43. The maximum atomic E-state index is 12.5. The average Bonchev–Trinajstić information content (AvgIpc) is 3.04. The van der Waals surface area contributed by atoms with Crippen molar-refractivity contribution in [2.75, 3.05) is 37.6 Å². The Labute approximate surface area is 156 Å². The van der Waals surface area contributed by atoms with Crippen molar-refractivity contribution < 1.29 is 19.0 Å². The largest absolute Gasteiger partial charge is 0.486 e. The van der Waals surface area contributed by atoms with Crippen LogP contribution in [0.5, 0.6) is 11.5 Å². The van der Waals surface area contributed by atoms with Gasteiger partial charge in [0.25, 0.3) is 0 Å². The molecule has 0 bridgehead atoms. The first kappa shape index (κ1) is 17.2. The van der Waals surface area contributed by atoms with Gasteiger partial charge in [-0.25, -0.2) is 4.79 Å². The minimum absolute atomic E-state index is 0.318. The van der Waals surface area contributed by atoms with Gasteiger partial charge in [-0.05, 0) is 18.2 Å². The first-order chi connectivity index (χ1) is 13.2. The third-order valence-electron chi connectivity index (χ3n) is 4.37. The molecule has 1 aliphatic rings. The lowest BCUT2D eigenvalue weighted by atomic mass is 10.2. The molecule has 1 aliphatic heterocycles. The number of fused-ring (bicyclic) bond motifs is 2. The number of rotatable bonds is 5. The number of hydrogen-bond donors (Lipinski definition) is 2. The van der Waals surface area contributed by atoms with Gasteiger partial charge in [-0.1, -0.05) is 18.2 Å². The normalized spacial score (nSPS) is 12.8. The molecule has 1 aromatic heterocycles. The van der Waals surface area contributed by atoms with Crippen molar-refractivity contribution in [3.63, 3.8) is 0 Å². The Morgan fingerprint density at radius 1 is 1.11 bits per heavy atom. The van der Waals surface area contributed by atoms with Crippen LogP contribution in [-0.4, -0.2) is 37.5 Å². The van der Waals surface area contributed by atoms with E-state index in [1.54, 1.807) is 25.3 Å². The smallest absolute Gasteiger partial charge is 0.323 e. The van der Waals surface area contributed by atoms with E-state index < -0.39 is 0 Å². The highest BCUT2D eigenvalue weighted by Crippen LogP contribution is 2.33. The van der Waals surface area contributed by atoms with Gasteiger partial charge in [0.2, 0.25) is 0 Å². The van der Waals surface area contributed by atoms with E-state index in [-0.39, 0.29) is 6.03 Å². The number of benzene rings is 2. The van der Waals surface area contributed by atoms with E-state index in [2.05, 4.69) is 15.2 Å². The van der Waals surface area contributed by atoms with E-state index in [1.807, 2.05) is 30.5 Å². The van der Waals surface area contributed by atoms with E-state index in [4.69, 9.17) is 14.2 Å². The molecule has 2 aromatic carbocycles. The van der Waals surface area contributed by atoms with Crippen molar-refractivity contribution >= 4 is 28.3 Å². The molecule has 3 aromatic rings. The number of amides is 2. The second-order valence-corrected chi connectivity index (χ2v) is 6.18. The molecule has 0 unspecified atom stereocenters. The van der Waals surface area contributed by atoms with Crippen LogP contribution in [0, 0.1) is 0 Å². The number of nitrogens with zero attached hydrogens (tertiary/aromatic N) is 1. The second kappa shape index (κ2) is 7.59. The molecule has 0 fully saturated rings. The van der Waals surface area contributed by atoms with Crippen molar-refractivity contribution in [2.24, 2.45) is 0 Å². The monoisotopic (exact) mass is 367 g/mol. The molecule has 7 heteroatoms. The number of ether oxygens (including phenoxy) is 3. The Hall–Kier alpha value is -3.19. The summed E-state index contributed by atoms with van der Waals surface area (Å²) < 4.78 is 18.3. The molecule has 0 saturated heterocycles. The van der Waals surface area contributed by atoms with E-state index in [0.717, 1.165) is 16.6 Å². The van der Waals surface area contributed by atoms with Gasteiger partial charge in [0.05, 0.1) is 17.8 Å². The Balaban J connectivity index is 1.51. The molecule has 2 amide bonds. The zero-order valence-electron chi connectivity index (χ0n) is 15.0. The predicted molar refractivity (Wildman–Crippen MR) is 104 cm³/mol. The lowest BCUT2D eigenvalue weighted by molar-refractivity contribution is 0.171. The standard InChI is InChI=1S/C20H21N3O4/c1-25-9-8-23-13-16(15-4-2-3-5-17(15)23)22-20(24)21-14-6-7-18-19(12-14)27-11-10-26-18/h2-7,12-13H,8-11H2,1H3,(H2,21,22,24). The topological polar surface area (TPSA) is 73.8 Å². The summed E-state index contributed by atoms with van der Waals surface area (Å²) in [5, 5.41) is 6.74. The molecule has 4 rings (SSSR count). The first-order valence-corrected chi connectivity index (χ1v) is 8.79. The van der Waals surface area contributed by atoms with E-state index in [0.29, 0.717) is 43.6 Å². The molecule has 0 aliphatic carbocycles. The average molecular weight is 367 g/mol. The van der Waals surface area contributed by atoms with Crippen molar-refractivity contribution in [2.45, 2.75) is 6.54 Å². The lowest BCUT2D eigenvalue weighted by Gasteiger charge is -2.19. The van der Waals surface area contributed by atoms with Crippen LogP contribution in [0.25, 0.3) is 10.9 Å². The Morgan fingerprint density at radius 2 is 1.93 bits per heavy atom. The van der Waals surface area contributed by atoms with Crippen LogP contribution in [0.15, 0.2) is 48.7 Å². The third kappa shape index (κ3) is 3.68. The predicted octanol–water partition coefficient (Wildman–Crippen LogP) is 3.70. The first-order valence-electron chi connectivity index (χ1n) is 8.79. The van der Waals surface area contributed by atoms with Crippen molar-refractivity contribution in [3.05, 3.63) is 48.7 Å². The number of hydrogen-bond acceptors (Lipinski definition) is 4. The van der Waals surface area contributed by atoms with Crippen molar-refractivity contribution in [1.82, 2.24) is 4.57 Å². The van der Waals surface area contributed by atoms with Gasteiger partial charge in [0, 0.05) is 37.0 Å². The number of aromatic nitrogens is 1. The number of carbonyl (C=O) groups is 1. The molecule has 0 radical (unpaired) electrons. The highest BCUT2D eigenvalue weighted by Gasteiger charge is 2.14. The van der Waals surface area contributed by atoms with Gasteiger partial charge in [0.1, 0.15) is 13.2 Å². The quantitative estimate of drug-likeness (QED) is 0.721. The number of nitrogens with one attached hydrogen (secondary N) is 2. The zero-order chi connectivity index (χ0) is 18.6. The summed E-state index contributed by atoms with van der Waals surface area (Å²) in [6.45, 7) is 2.35. The minimum atomic E-state index is -0.318. The molecular weight excluding hydrogens is 346 g/mol. The summed E-state index contributed by atoms with van der Waals surface area (Å²) in [7, 11) is 1.67. The molecule has 2 N–H and O–H groups in total. The summed E-state index contributed by atoms with van der Waals surface area (Å²) >= 11 is 0. The molecule has 2 heterocycles. The Morgan fingerprint density at radius 3 is 2.78 bits per heavy atom. The minimum Gasteiger partial charge on any atom is -0.486 e. The van der Waals surface area contributed by atoms with Gasteiger partial charge in [-0.2, -0.15) is 0 Å². The van der Waals surface area contributed by atoms with Gasteiger partial charge in [-0.3, -0.25) is 0 Å². The fourth-order valence-corrected chi connectivity index (χ4v) is 3.13. The molecule has 27 heavy (non-hydrogen) atoms. The van der Waals surface area contributed by atoms with E-state index in [9.17, 15) is 4.79 Å². The number of carbonyl (C=O) groups excluding carboxylic acids is 1. The molecule has 7 nitrogen and oxygen atoms in total. The molecule has 0 atom stereocenters. The van der Waals surface area contributed by atoms with Crippen LogP contribution < -0.4 is 20.1 Å². The van der Waals surface area contributed by atoms with Crippen LogP contribution in [0.4, 0.5) is 16.2 Å².